The summed E-state index contributed by atoms with van der Waals surface area (Å²) in [5, 5.41) is -0.646. The highest BCUT2D eigenvalue weighted by atomic mass is 32.2. The van der Waals surface area contributed by atoms with E-state index in [1.54, 1.807) is 36.4 Å². The molecule has 2 amide bonds. The minimum atomic E-state index is -0.862. The van der Waals surface area contributed by atoms with Gasteiger partial charge in [-0.15, -0.1) is 0 Å². The van der Waals surface area contributed by atoms with Crippen molar-refractivity contribution in [2.45, 2.75) is 11.2 Å². The molecule has 9 nitrogen and oxygen atoms in total. The number of benzene rings is 2. The first-order chi connectivity index (χ1) is 15.9. The van der Waals surface area contributed by atoms with E-state index < -0.39 is 34.9 Å². The van der Waals surface area contributed by atoms with Crippen LogP contribution < -0.4 is 29.6 Å². The molecule has 2 aromatic carbocycles. The van der Waals surface area contributed by atoms with Crippen molar-refractivity contribution in [2.75, 3.05) is 26.2 Å². The first-order valence-electron chi connectivity index (χ1n) is 10.1. The third kappa shape index (κ3) is 2.97. The molecular formula is C23H20N2O7S. The third-order valence-corrected chi connectivity index (χ3v) is 7.31. The van der Waals surface area contributed by atoms with Crippen LogP contribution in [0.25, 0.3) is 0 Å². The molecule has 0 aromatic heterocycles. The number of thioether (sulfide) groups is 1. The predicted octanol–water partition coefficient (Wildman–Crippen LogP) is 2.19. The number of ether oxygens (including phenoxy) is 4. The average molecular weight is 468 g/mol. The molecule has 2 aromatic rings. The molecule has 170 valence electrons. The van der Waals surface area contributed by atoms with Crippen LogP contribution in [0.4, 0.5) is 5.69 Å². The van der Waals surface area contributed by atoms with Crippen LogP contribution in [-0.4, -0.2) is 44.4 Å². The second-order valence-electron chi connectivity index (χ2n) is 7.64. The Morgan fingerprint density at radius 3 is 2.42 bits per heavy atom. The zero-order valence-electron chi connectivity index (χ0n) is 18.0. The molecule has 1 fully saturated rings. The second-order valence-corrected chi connectivity index (χ2v) is 8.82. The first kappa shape index (κ1) is 21.2. The highest BCUT2D eigenvalue weighted by molar-refractivity contribution is 8.04. The van der Waals surface area contributed by atoms with Gasteiger partial charge in [-0.05, 0) is 18.2 Å². The standard InChI is InChI=1S/C23H20N2O7S/c1-29-10-7-8-13(30-2)12(9-10)25-21(26)16-15-11-5-4-6-14(31-3)18(11)32-23(28)17(15)20(24)33-19(16)22(25)27/h4-9,15-16,19H,24H2,1-3H3/t15-,16-,19-/m1/s1. The van der Waals surface area contributed by atoms with Crippen molar-refractivity contribution in [1.29, 1.82) is 0 Å². The smallest absolute Gasteiger partial charge is 0.342 e. The van der Waals surface area contributed by atoms with Gasteiger partial charge >= 0.3 is 5.97 Å². The van der Waals surface area contributed by atoms with Crippen molar-refractivity contribution < 1.29 is 33.3 Å². The summed E-state index contributed by atoms with van der Waals surface area (Å²) < 4.78 is 21.6. The van der Waals surface area contributed by atoms with Crippen molar-refractivity contribution in [1.82, 2.24) is 0 Å². The van der Waals surface area contributed by atoms with Gasteiger partial charge in [0.15, 0.2) is 11.5 Å². The molecule has 0 aliphatic carbocycles. The van der Waals surface area contributed by atoms with Gasteiger partial charge in [0.05, 0.1) is 43.5 Å². The van der Waals surface area contributed by atoms with E-state index >= 15 is 0 Å². The van der Waals surface area contributed by atoms with E-state index in [9.17, 15) is 14.4 Å². The van der Waals surface area contributed by atoms with E-state index in [1.165, 1.54) is 21.3 Å². The molecule has 0 radical (unpaired) electrons. The van der Waals surface area contributed by atoms with Crippen LogP contribution in [0.15, 0.2) is 47.0 Å². The van der Waals surface area contributed by atoms with Gasteiger partial charge in [0.25, 0.3) is 0 Å². The average Bonchev–Trinajstić information content (AvgIpc) is 3.07. The number of nitrogens with two attached hydrogens (primary N) is 1. The Hall–Kier alpha value is -3.66. The molecule has 5 rings (SSSR count). The SMILES string of the molecule is COc1ccc(OC)c(N2C(=O)[C@@H]3[C@@H]4C(=C(N)S[C@H]3C2=O)C(=O)Oc2c(OC)cccc24)c1. The van der Waals surface area contributed by atoms with Crippen LogP contribution in [0, 0.1) is 5.92 Å². The molecule has 1 saturated heterocycles. The normalized spacial score (nSPS) is 23.5. The number of amides is 2. The maximum absolute atomic E-state index is 13.8. The number of fused-ring (bicyclic) bond motifs is 5. The highest BCUT2D eigenvalue weighted by Crippen LogP contribution is 2.56. The lowest BCUT2D eigenvalue weighted by Gasteiger charge is -2.36. The summed E-state index contributed by atoms with van der Waals surface area (Å²) in [5.74, 6) is -1.77. The summed E-state index contributed by atoms with van der Waals surface area (Å²) >= 11 is 1.01. The Bertz CT molecular complexity index is 1240. The van der Waals surface area contributed by atoms with E-state index in [4.69, 9.17) is 24.7 Å². The minimum absolute atomic E-state index is 0.167. The predicted molar refractivity (Wildman–Crippen MR) is 119 cm³/mol. The van der Waals surface area contributed by atoms with Gasteiger partial charge in [0.1, 0.15) is 16.7 Å². The maximum Gasteiger partial charge on any atom is 0.342 e. The summed E-state index contributed by atoms with van der Waals surface area (Å²) in [7, 11) is 4.41. The Balaban J connectivity index is 1.67. The van der Waals surface area contributed by atoms with Crippen molar-refractivity contribution in [3.63, 3.8) is 0 Å². The lowest BCUT2D eigenvalue weighted by Crippen LogP contribution is -2.39. The Kier molecular flexibility index (Phi) is 4.97. The van der Waals surface area contributed by atoms with Crippen LogP contribution in [0.1, 0.15) is 11.5 Å². The summed E-state index contributed by atoms with van der Waals surface area (Å²) in [5.41, 5.74) is 7.27. The van der Waals surface area contributed by atoms with E-state index in [2.05, 4.69) is 0 Å². The minimum Gasteiger partial charge on any atom is -0.497 e. The zero-order chi connectivity index (χ0) is 23.4. The molecule has 33 heavy (non-hydrogen) atoms. The summed E-state index contributed by atoms with van der Waals surface area (Å²) in [6, 6.07) is 10.0. The number of rotatable bonds is 4. The molecule has 2 N–H and O–H groups in total. The number of hydrogen-bond donors (Lipinski definition) is 1. The number of carbonyl (C=O) groups excluding carboxylic acids is 3. The molecular weight excluding hydrogens is 448 g/mol. The molecule has 3 aliphatic rings. The highest BCUT2D eigenvalue weighted by Gasteiger charge is 2.59. The van der Waals surface area contributed by atoms with Crippen molar-refractivity contribution in [3.05, 3.63) is 52.6 Å². The molecule has 0 unspecified atom stereocenters. The van der Waals surface area contributed by atoms with E-state index in [0.717, 1.165) is 16.7 Å². The molecule has 3 heterocycles. The molecule has 0 bridgehead atoms. The van der Waals surface area contributed by atoms with Gasteiger partial charge in [-0.3, -0.25) is 9.59 Å². The van der Waals surface area contributed by atoms with Gasteiger partial charge in [-0.1, -0.05) is 23.9 Å². The number of anilines is 1. The van der Waals surface area contributed by atoms with Gasteiger partial charge in [-0.25, -0.2) is 9.69 Å². The largest absolute Gasteiger partial charge is 0.497 e. The molecule has 10 heteroatoms. The number of imide groups is 1. The topological polar surface area (TPSA) is 117 Å². The van der Waals surface area contributed by atoms with Crippen molar-refractivity contribution in [2.24, 2.45) is 11.7 Å². The van der Waals surface area contributed by atoms with Gasteiger partial charge in [-0.2, -0.15) is 0 Å². The number of hydrogen-bond acceptors (Lipinski definition) is 9. The number of esters is 1. The number of para-hydroxylation sites is 1. The van der Waals surface area contributed by atoms with Crippen LogP contribution in [0.3, 0.4) is 0 Å². The number of methoxy groups -OCH3 is 3. The van der Waals surface area contributed by atoms with E-state index in [-0.39, 0.29) is 22.0 Å². The number of carbonyl (C=O) groups is 3. The lowest BCUT2D eigenvalue weighted by molar-refractivity contribution is -0.132. The van der Waals surface area contributed by atoms with E-state index in [1.807, 2.05) is 0 Å². The Labute approximate surface area is 193 Å². The third-order valence-electron chi connectivity index (χ3n) is 6.09. The molecule has 3 atom stereocenters. The van der Waals surface area contributed by atoms with Crippen LogP contribution in [-0.2, 0) is 14.4 Å². The zero-order valence-corrected chi connectivity index (χ0v) is 18.8. The van der Waals surface area contributed by atoms with Gasteiger partial charge in [0, 0.05) is 17.5 Å². The second kappa shape index (κ2) is 7.73. The van der Waals surface area contributed by atoms with Crippen LogP contribution in [0.5, 0.6) is 23.0 Å². The van der Waals surface area contributed by atoms with Crippen LogP contribution >= 0.6 is 11.8 Å². The fraction of sp³-hybridized carbons (Fsp3) is 0.261. The van der Waals surface area contributed by atoms with Crippen molar-refractivity contribution >= 4 is 35.2 Å². The summed E-state index contributed by atoms with van der Waals surface area (Å²) in [6.45, 7) is 0. The number of nitrogens with zero attached hydrogens (tertiary/aromatic N) is 1. The monoisotopic (exact) mass is 468 g/mol. The fourth-order valence-electron chi connectivity index (χ4n) is 4.62. The Morgan fingerprint density at radius 1 is 0.970 bits per heavy atom. The Morgan fingerprint density at radius 2 is 1.73 bits per heavy atom. The molecule has 0 spiro atoms. The molecule has 3 aliphatic heterocycles. The maximum atomic E-state index is 13.8. The molecule has 0 saturated carbocycles. The van der Waals surface area contributed by atoms with Crippen molar-refractivity contribution in [3.8, 4) is 23.0 Å². The fourth-order valence-corrected chi connectivity index (χ4v) is 5.86. The summed E-state index contributed by atoms with van der Waals surface area (Å²) in [6.07, 6.45) is 0. The van der Waals surface area contributed by atoms with E-state index in [0.29, 0.717) is 22.8 Å². The van der Waals surface area contributed by atoms with Gasteiger partial charge in [0.2, 0.25) is 11.8 Å². The van der Waals surface area contributed by atoms with Crippen LogP contribution in [0.2, 0.25) is 0 Å². The summed E-state index contributed by atoms with van der Waals surface area (Å²) in [4.78, 5) is 41.3. The van der Waals surface area contributed by atoms with Gasteiger partial charge < -0.3 is 24.7 Å². The first-order valence-corrected chi connectivity index (χ1v) is 10.9. The lowest BCUT2D eigenvalue weighted by atomic mass is 9.77. The quantitative estimate of drug-likeness (QED) is 0.409.